The third-order valence-electron chi connectivity index (χ3n) is 3.15. The molecule has 4 heteroatoms. The van der Waals surface area contributed by atoms with E-state index in [9.17, 15) is 0 Å². The van der Waals surface area contributed by atoms with Crippen LogP contribution >= 0.6 is 15.9 Å². The Morgan fingerprint density at radius 2 is 2.38 bits per heavy atom. The summed E-state index contributed by atoms with van der Waals surface area (Å²) in [6.45, 7) is 4.38. The molecule has 1 atom stereocenters. The van der Waals surface area contributed by atoms with Crippen molar-refractivity contribution in [1.82, 2.24) is 4.98 Å². The molecule has 1 fully saturated rings. The molecule has 3 nitrogen and oxygen atoms in total. The molecule has 88 valence electrons. The van der Waals surface area contributed by atoms with E-state index < -0.39 is 0 Å². The van der Waals surface area contributed by atoms with Crippen molar-refractivity contribution >= 4 is 21.7 Å². The van der Waals surface area contributed by atoms with Crippen molar-refractivity contribution in [3.05, 3.63) is 22.3 Å². The van der Waals surface area contributed by atoms with Crippen LogP contribution in [0.4, 0.5) is 5.82 Å². The summed E-state index contributed by atoms with van der Waals surface area (Å²) in [5.74, 6) is 1.68. The first-order chi connectivity index (χ1) is 7.70. The Morgan fingerprint density at radius 1 is 1.56 bits per heavy atom. The van der Waals surface area contributed by atoms with Crippen LogP contribution in [0.15, 0.2) is 16.6 Å². The van der Waals surface area contributed by atoms with Crippen molar-refractivity contribution in [1.29, 1.82) is 0 Å². The fourth-order valence-corrected chi connectivity index (χ4v) is 2.39. The molecule has 0 saturated carbocycles. The standard InChI is InChI=1S/C12H17BrN2O/c1-9-11(13)2-3-12(14-9)15-6-4-10(8-15)5-7-16/h2-3,10,16H,4-8H2,1H3. The SMILES string of the molecule is Cc1nc(N2CCC(CCO)C2)ccc1Br. The lowest BCUT2D eigenvalue weighted by Crippen LogP contribution is -2.21. The molecule has 0 spiro atoms. The molecular formula is C12H17BrN2O. The molecule has 1 aliphatic heterocycles. The van der Waals surface area contributed by atoms with E-state index in [1.807, 2.05) is 6.92 Å². The molecular weight excluding hydrogens is 268 g/mol. The average molecular weight is 285 g/mol. The second kappa shape index (κ2) is 5.15. The van der Waals surface area contributed by atoms with Crippen LogP contribution < -0.4 is 4.90 Å². The Bertz CT molecular complexity index is 370. The molecule has 1 unspecified atom stereocenters. The molecule has 1 aromatic rings. The molecule has 0 aliphatic carbocycles. The number of hydrogen-bond acceptors (Lipinski definition) is 3. The van der Waals surface area contributed by atoms with Gasteiger partial charge in [-0.1, -0.05) is 0 Å². The van der Waals surface area contributed by atoms with E-state index in [0.29, 0.717) is 12.5 Å². The van der Waals surface area contributed by atoms with E-state index in [1.54, 1.807) is 0 Å². The molecule has 0 radical (unpaired) electrons. The molecule has 2 rings (SSSR count). The van der Waals surface area contributed by atoms with Gasteiger partial charge >= 0.3 is 0 Å². The number of aryl methyl sites for hydroxylation is 1. The summed E-state index contributed by atoms with van der Waals surface area (Å²) >= 11 is 3.46. The molecule has 1 aromatic heterocycles. The lowest BCUT2D eigenvalue weighted by Gasteiger charge is -2.18. The van der Waals surface area contributed by atoms with Gasteiger partial charge in [0.15, 0.2) is 0 Å². The Labute approximate surface area is 105 Å². The lowest BCUT2D eigenvalue weighted by atomic mass is 10.1. The third-order valence-corrected chi connectivity index (χ3v) is 3.99. The molecule has 0 bridgehead atoms. The van der Waals surface area contributed by atoms with Crippen molar-refractivity contribution in [3.63, 3.8) is 0 Å². The van der Waals surface area contributed by atoms with Crippen LogP contribution in [-0.4, -0.2) is 29.8 Å². The Hall–Kier alpha value is -0.610. The van der Waals surface area contributed by atoms with Crippen LogP contribution in [0.25, 0.3) is 0 Å². The first-order valence-electron chi connectivity index (χ1n) is 5.69. The zero-order valence-electron chi connectivity index (χ0n) is 9.49. The van der Waals surface area contributed by atoms with Gasteiger partial charge in [-0.15, -0.1) is 0 Å². The summed E-state index contributed by atoms with van der Waals surface area (Å²) < 4.78 is 1.06. The van der Waals surface area contributed by atoms with Crippen molar-refractivity contribution in [2.24, 2.45) is 5.92 Å². The molecule has 0 amide bonds. The van der Waals surface area contributed by atoms with Crippen LogP contribution in [0.1, 0.15) is 18.5 Å². The van der Waals surface area contributed by atoms with Gasteiger partial charge in [0.1, 0.15) is 5.82 Å². The Balaban J connectivity index is 2.05. The molecule has 16 heavy (non-hydrogen) atoms. The van der Waals surface area contributed by atoms with Gasteiger partial charge in [0.25, 0.3) is 0 Å². The maximum absolute atomic E-state index is 8.92. The highest BCUT2D eigenvalue weighted by molar-refractivity contribution is 9.10. The van der Waals surface area contributed by atoms with E-state index in [-0.39, 0.29) is 0 Å². The minimum atomic E-state index is 0.297. The Morgan fingerprint density at radius 3 is 3.06 bits per heavy atom. The molecule has 1 saturated heterocycles. The maximum atomic E-state index is 8.92. The number of pyridine rings is 1. The summed E-state index contributed by atoms with van der Waals surface area (Å²) in [4.78, 5) is 6.87. The highest BCUT2D eigenvalue weighted by atomic mass is 79.9. The van der Waals surface area contributed by atoms with Crippen LogP contribution in [0.3, 0.4) is 0 Å². The van der Waals surface area contributed by atoms with E-state index in [0.717, 1.165) is 41.9 Å². The molecule has 2 heterocycles. The fourth-order valence-electron chi connectivity index (χ4n) is 2.17. The fraction of sp³-hybridized carbons (Fsp3) is 0.583. The summed E-state index contributed by atoms with van der Waals surface area (Å²) in [5, 5.41) is 8.92. The number of nitrogens with zero attached hydrogens (tertiary/aromatic N) is 2. The number of aliphatic hydroxyl groups excluding tert-OH is 1. The summed E-state index contributed by atoms with van der Waals surface area (Å²) in [7, 11) is 0. The monoisotopic (exact) mass is 284 g/mol. The normalized spacial score (nSPS) is 20.4. The minimum Gasteiger partial charge on any atom is -0.396 e. The number of halogens is 1. The van der Waals surface area contributed by atoms with Gasteiger partial charge in [-0.2, -0.15) is 0 Å². The van der Waals surface area contributed by atoms with Crippen molar-refractivity contribution < 1.29 is 5.11 Å². The van der Waals surface area contributed by atoms with Gasteiger partial charge in [0.2, 0.25) is 0 Å². The summed E-state index contributed by atoms with van der Waals surface area (Å²) in [6, 6.07) is 4.11. The van der Waals surface area contributed by atoms with Gasteiger partial charge in [0.05, 0.1) is 5.69 Å². The second-order valence-electron chi connectivity index (χ2n) is 4.35. The largest absolute Gasteiger partial charge is 0.396 e. The van der Waals surface area contributed by atoms with Gasteiger partial charge in [-0.3, -0.25) is 0 Å². The lowest BCUT2D eigenvalue weighted by molar-refractivity contribution is 0.263. The van der Waals surface area contributed by atoms with Gasteiger partial charge in [0, 0.05) is 24.2 Å². The van der Waals surface area contributed by atoms with Gasteiger partial charge < -0.3 is 10.0 Å². The van der Waals surface area contributed by atoms with Crippen molar-refractivity contribution in [2.45, 2.75) is 19.8 Å². The van der Waals surface area contributed by atoms with E-state index in [4.69, 9.17) is 5.11 Å². The smallest absolute Gasteiger partial charge is 0.128 e. The van der Waals surface area contributed by atoms with E-state index in [2.05, 4.69) is 37.9 Å². The zero-order valence-corrected chi connectivity index (χ0v) is 11.1. The average Bonchev–Trinajstić information content (AvgIpc) is 2.71. The molecule has 1 aliphatic rings. The topological polar surface area (TPSA) is 36.4 Å². The number of aromatic nitrogens is 1. The van der Waals surface area contributed by atoms with Crippen molar-refractivity contribution in [3.8, 4) is 0 Å². The maximum Gasteiger partial charge on any atom is 0.128 e. The van der Waals surface area contributed by atoms with Crippen LogP contribution in [0.2, 0.25) is 0 Å². The van der Waals surface area contributed by atoms with Gasteiger partial charge in [-0.05, 0) is 53.7 Å². The third kappa shape index (κ3) is 2.55. The predicted molar refractivity (Wildman–Crippen MR) is 68.7 cm³/mol. The highest BCUT2D eigenvalue weighted by Crippen LogP contribution is 2.26. The number of rotatable bonds is 3. The zero-order chi connectivity index (χ0) is 11.5. The van der Waals surface area contributed by atoms with Crippen LogP contribution in [0.5, 0.6) is 0 Å². The quantitative estimate of drug-likeness (QED) is 0.926. The number of anilines is 1. The highest BCUT2D eigenvalue weighted by Gasteiger charge is 2.22. The van der Waals surface area contributed by atoms with E-state index in [1.165, 1.54) is 0 Å². The first-order valence-corrected chi connectivity index (χ1v) is 6.49. The number of aliphatic hydroxyl groups is 1. The van der Waals surface area contributed by atoms with Crippen molar-refractivity contribution in [2.75, 3.05) is 24.6 Å². The Kier molecular flexibility index (Phi) is 3.82. The van der Waals surface area contributed by atoms with E-state index >= 15 is 0 Å². The second-order valence-corrected chi connectivity index (χ2v) is 5.20. The summed E-state index contributed by atoms with van der Waals surface area (Å²) in [6.07, 6.45) is 2.07. The van der Waals surface area contributed by atoms with Crippen LogP contribution in [-0.2, 0) is 0 Å². The first kappa shape index (κ1) is 11.9. The van der Waals surface area contributed by atoms with Crippen LogP contribution in [0, 0.1) is 12.8 Å². The number of hydrogen-bond donors (Lipinski definition) is 1. The molecule has 1 N–H and O–H groups in total. The minimum absolute atomic E-state index is 0.297. The summed E-state index contributed by atoms with van der Waals surface area (Å²) in [5.41, 5.74) is 1.03. The predicted octanol–water partition coefficient (Wildman–Crippen LogP) is 2.36. The molecule has 0 aromatic carbocycles. The van der Waals surface area contributed by atoms with Gasteiger partial charge in [-0.25, -0.2) is 4.98 Å².